The lowest BCUT2D eigenvalue weighted by atomic mass is 9.98. The normalized spacial score (nSPS) is 18.2. The van der Waals surface area contributed by atoms with Gasteiger partial charge < -0.3 is 20.1 Å². The van der Waals surface area contributed by atoms with Crippen LogP contribution >= 0.6 is 0 Å². The van der Waals surface area contributed by atoms with Crippen LogP contribution in [0.25, 0.3) is 22.0 Å². The first-order chi connectivity index (χ1) is 16.9. The van der Waals surface area contributed by atoms with Gasteiger partial charge in [0.05, 0.1) is 30.9 Å². The fraction of sp³-hybridized carbons (Fsp3) is 0.308. The molecule has 1 amide bonds. The highest BCUT2D eigenvalue weighted by Gasteiger charge is 2.26. The summed E-state index contributed by atoms with van der Waals surface area (Å²) in [5.41, 5.74) is 4.30. The predicted octanol–water partition coefficient (Wildman–Crippen LogP) is 3.54. The van der Waals surface area contributed by atoms with Crippen molar-refractivity contribution in [1.29, 1.82) is 0 Å². The van der Waals surface area contributed by atoms with E-state index in [-0.39, 0.29) is 25.4 Å². The standard InChI is InChI=1S/C26H26F2N4O3/c1-14-18(12-29-32-14)15-5-6-16(20(28)9-15)10-23-17(26-19(27)3-2-4-22(26)30-23)11-25(34)31-21-7-8-35-13-24(21)33/h2-6,9,12,21,24,30,33H,7-8,10-11,13H2,1H3,(H,29,32)(H,31,34)/t21-,24-/m0/s1. The number of aryl methyl sites for hydroxylation is 1. The number of halogens is 2. The molecule has 182 valence electrons. The van der Waals surface area contributed by atoms with Crippen molar-refractivity contribution in [3.8, 4) is 11.1 Å². The number of ether oxygens (including phenoxy) is 1. The Morgan fingerprint density at radius 2 is 2.11 bits per heavy atom. The first-order valence-corrected chi connectivity index (χ1v) is 11.5. The van der Waals surface area contributed by atoms with E-state index >= 15 is 4.39 Å². The number of nitrogens with one attached hydrogen (secondary N) is 3. The van der Waals surface area contributed by atoms with E-state index in [9.17, 15) is 14.3 Å². The molecule has 0 saturated carbocycles. The third-order valence-electron chi connectivity index (χ3n) is 6.54. The quantitative estimate of drug-likeness (QED) is 0.339. The lowest BCUT2D eigenvalue weighted by molar-refractivity contribution is -0.123. The average Bonchev–Trinajstić information content (AvgIpc) is 3.41. The molecule has 2 aromatic carbocycles. The molecule has 0 bridgehead atoms. The molecular formula is C26H26F2N4O3. The van der Waals surface area contributed by atoms with E-state index in [4.69, 9.17) is 4.74 Å². The van der Waals surface area contributed by atoms with Gasteiger partial charge in [0, 0.05) is 41.4 Å². The Hall–Kier alpha value is -3.56. The van der Waals surface area contributed by atoms with Gasteiger partial charge in [-0.25, -0.2) is 8.78 Å². The molecule has 0 unspecified atom stereocenters. The summed E-state index contributed by atoms with van der Waals surface area (Å²) in [5, 5.41) is 20.1. The summed E-state index contributed by atoms with van der Waals surface area (Å²) >= 11 is 0. The summed E-state index contributed by atoms with van der Waals surface area (Å²) in [7, 11) is 0. The minimum atomic E-state index is -0.793. The molecule has 35 heavy (non-hydrogen) atoms. The van der Waals surface area contributed by atoms with Crippen LogP contribution in [0, 0.1) is 18.6 Å². The van der Waals surface area contributed by atoms with Gasteiger partial charge in [-0.05, 0) is 48.2 Å². The van der Waals surface area contributed by atoms with E-state index in [2.05, 4.69) is 20.5 Å². The van der Waals surface area contributed by atoms with Gasteiger partial charge in [0.2, 0.25) is 5.91 Å². The lowest BCUT2D eigenvalue weighted by Gasteiger charge is -2.28. The maximum Gasteiger partial charge on any atom is 0.224 e. The molecule has 1 aliphatic heterocycles. The smallest absolute Gasteiger partial charge is 0.224 e. The van der Waals surface area contributed by atoms with Gasteiger partial charge >= 0.3 is 0 Å². The zero-order valence-electron chi connectivity index (χ0n) is 19.2. The summed E-state index contributed by atoms with van der Waals surface area (Å²) in [6.45, 7) is 2.45. The molecular weight excluding hydrogens is 454 g/mol. The zero-order chi connectivity index (χ0) is 24.5. The molecule has 1 fully saturated rings. The van der Waals surface area contributed by atoms with Crippen LogP contribution in [0.3, 0.4) is 0 Å². The SMILES string of the molecule is Cc1n[nH]cc1-c1ccc(Cc2[nH]c3cccc(F)c3c2CC(=O)N[C@H]2CCOC[C@@H]2O)c(F)c1. The molecule has 4 aromatic rings. The van der Waals surface area contributed by atoms with E-state index < -0.39 is 23.8 Å². The molecule has 0 aliphatic carbocycles. The zero-order valence-corrected chi connectivity index (χ0v) is 19.2. The van der Waals surface area contributed by atoms with Gasteiger partial charge in [-0.1, -0.05) is 18.2 Å². The first kappa shape index (κ1) is 23.2. The van der Waals surface area contributed by atoms with Crippen LogP contribution in [0.5, 0.6) is 0 Å². The van der Waals surface area contributed by atoms with E-state index in [1.807, 2.05) is 13.0 Å². The van der Waals surface area contributed by atoms with Crippen LogP contribution in [0.15, 0.2) is 42.6 Å². The second-order valence-electron chi connectivity index (χ2n) is 8.89. The fourth-order valence-corrected chi connectivity index (χ4v) is 4.68. The van der Waals surface area contributed by atoms with Gasteiger partial charge in [-0.15, -0.1) is 0 Å². The Morgan fingerprint density at radius 3 is 2.86 bits per heavy atom. The number of carbonyl (C=O) groups is 1. The third-order valence-corrected chi connectivity index (χ3v) is 6.54. The summed E-state index contributed by atoms with van der Waals surface area (Å²) < 4.78 is 35.1. The molecule has 0 radical (unpaired) electrons. The molecule has 2 aromatic heterocycles. The summed E-state index contributed by atoms with van der Waals surface area (Å²) in [5.74, 6) is -1.19. The largest absolute Gasteiger partial charge is 0.389 e. The maximum absolute atomic E-state index is 15.1. The summed E-state index contributed by atoms with van der Waals surface area (Å²) in [6, 6.07) is 9.20. The van der Waals surface area contributed by atoms with Crippen molar-refractivity contribution in [3.63, 3.8) is 0 Å². The second kappa shape index (κ2) is 9.59. The number of aliphatic hydroxyl groups excluding tert-OH is 1. The molecule has 7 nitrogen and oxygen atoms in total. The number of hydrogen-bond donors (Lipinski definition) is 4. The maximum atomic E-state index is 15.1. The highest BCUT2D eigenvalue weighted by molar-refractivity contribution is 5.91. The van der Waals surface area contributed by atoms with E-state index in [1.54, 1.807) is 24.4 Å². The fourth-order valence-electron chi connectivity index (χ4n) is 4.68. The van der Waals surface area contributed by atoms with Crippen LogP contribution in [0.2, 0.25) is 0 Å². The molecule has 1 saturated heterocycles. The van der Waals surface area contributed by atoms with Crippen molar-refractivity contribution < 1.29 is 23.4 Å². The highest BCUT2D eigenvalue weighted by Crippen LogP contribution is 2.30. The van der Waals surface area contributed by atoms with Crippen molar-refractivity contribution in [3.05, 3.63) is 76.7 Å². The van der Waals surface area contributed by atoms with Crippen molar-refractivity contribution in [2.45, 2.75) is 38.3 Å². The number of amides is 1. The average molecular weight is 481 g/mol. The van der Waals surface area contributed by atoms with Crippen molar-refractivity contribution >= 4 is 16.8 Å². The summed E-state index contributed by atoms with van der Waals surface area (Å²) in [6.07, 6.45) is 1.48. The predicted molar refractivity (Wildman–Crippen MR) is 127 cm³/mol. The summed E-state index contributed by atoms with van der Waals surface area (Å²) in [4.78, 5) is 16.1. The van der Waals surface area contributed by atoms with Crippen LogP contribution in [0.1, 0.15) is 28.9 Å². The van der Waals surface area contributed by atoms with E-state index in [0.29, 0.717) is 46.3 Å². The van der Waals surface area contributed by atoms with Crippen LogP contribution in [0.4, 0.5) is 8.78 Å². The Balaban J connectivity index is 1.44. The number of aromatic nitrogens is 3. The van der Waals surface area contributed by atoms with Crippen LogP contribution in [-0.2, 0) is 22.4 Å². The lowest BCUT2D eigenvalue weighted by Crippen LogP contribution is -2.49. The minimum Gasteiger partial charge on any atom is -0.389 e. The first-order valence-electron chi connectivity index (χ1n) is 11.5. The molecule has 0 spiro atoms. The molecule has 5 rings (SSSR count). The van der Waals surface area contributed by atoms with Crippen LogP contribution < -0.4 is 5.32 Å². The van der Waals surface area contributed by atoms with Crippen molar-refractivity contribution in [2.24, 2.45) is 0 Å². The molecule has 2 atom stereocenters. The molecule has 4 N–H and O–H groups in total. The van der Waals surface area contributed by atoms with E-state index in [1.165, 1.54) is 12.1 Å². The number of aliphatic hydroxyl groups is 1. The number of hydrogen-bond acceptors (Lipinski definition) is 4. The third kappa shape index (κ3) is 4.69. The van der Waals surface area contributed by atoms with Gasteiger partial charge in [-0.3, -0.25) is 9.89 Å². The van der Waals surface area contributed by atoms with Crippen molar-refractivity contribution in [1.82, 2.24) is 20.5 Å². The molecule has 3 heterocycles. The number of nitrogens with zero attached hydrogens (tertiary/aromatic N) is 1. The Bertz CT molecular complexity index is 1380. The molecule has 9 heteroatoms. The second-order valence-corrected chi connectivity index (χ2v) is 8.89. The number of fused-ring (bicyclic) bond motifs is 1. The number of carbonyl (C=O) groups excluding carboxylic acids is 1. The Morgan fingerprint density at radius 1 is 1.26 bits per heavy atom. The van der Waals surface area contributed by atoms with Gasteiger partial charge in [0.25, 0.3) is 0 Å². The number of aromatic amines is 2. The minimum absolute atomic E-state index is 0.103. The highest BCUT2D eigenvalue weighted by atomic mass is 19.1. The van der Waals surface area contributed by atoms with Gasteiger partial charge in [0.15, 0.2) is 0 Å². The van der Waals surface area contributed by atoms with Crippen LogP contribution in [-0.4, -0.2) is 51.6 Å². The topological polar surface area (TPSA) is 103 Å². The van der Waals surface area contributed by atoms with Crippen molar-refractivity contribution in [2.75, 3.05) is 13.2 Å². The number of rotatable bonds is 6. The number of benzene rings is 2. The Labute approximate surface area is 200 Å². The monoisotopic (exact) mass is 480 g/mol. The van der Waals surface area contributed by atoms with Gasteiger partial charge in [-0.2, -0.15) is 5.10 Å². The molecule has 1 aliphatic rings. The van der Waals surface area contributed by atoms with Gasteiger partial charge in [0.1, 0.15) is 11.6 Å². The Kier molecular flexibility index (Phi) is 6.36. The number of H-pyrrole nitrogens is 2. The van der Waals surface area contributed by atoms with E-state index in [0.717, 1.165) is 11.3 Å².